The van der Waals surface area contributed by atoms with Crippen LogP contribution in [0.4, 0.5) is 5.13 Å². The Bertz CT molecular complexity index is 1230. The summed E-state index contributed by atoms with van der Waals surface area (Å²) >= 11 is 3.31. The van der Waals surface area contributed by atoms with E-state index in [1.807, 2.05) is 24.3 Å². The molecule has 5 heteroatoms. The number of rotatable bonds is 4. The minimum atomic E-state index is -0.109. The predicted octanol–water partition coefficient (Wildman–Crippen LogP) is 6.30. The van der Waals surface area contributed by atoms with Gasteiger partial charge in [0.25, 0.3) is 5.91 Å². The van der Waals surface area contributed by atoms with Crippen LogP contribution in [0.1, 0.15) is 35.3 Å². The van der Waals surface area contributed by atoms with Crippen molar-refractivity contribution in [1.82, 2.24) is 4.98 Å². The second kappa shape index (κ2) is 6.90. The summed E-state index contributed by atoms with van der Waals surface area (Å²) in [6.07, 6.45) is 2.20. The van der Waals surface area contributed by atoms with Crippen LogP contribution < -0.4 is 5.32 Å². The number of thiazole rings is 1. The van der Waals surface area contributed by atoms with Crippen molar-refractivity contribution < 1.29 is 4.79 Å². The second-order valence-electron chi connectivity index (χ2n) is 7.39. The topological polar surface area (TPSA) is 42.0 Å². The number of benzene rings is 3. The van der Waals surface area contributed by atoms with Gasteiger partial charge in [-0.2, -0.15) is 0 Å². The molecule has 140 valence electrons. The fourth-order valence-corrected chi connectivity index (χ4v) is 5.75. The Morgan fingerprint density at radius 1 is 1.11 bits per heavy atom. The normalized spacial score (nSPS) is 13.0. The quantitative estimate of drug-likeness (QED) is 0.406. The van der Waals surface area contributed by atoms with Crippen molar-refractivity contribution in [1.29, 1.82) is 0 Å². The third kappa shape index (κ3) is 3.09. The number of nitrogens with zero attached hydrogens (tertiary/aromatic N) is 1. The summed E-state index contributed by atoms with van der Waals surface area (Å²) in [6, 6.07) is 16.5. The Hall–Kier alpha value is -2.37. The molecule has 0 fully saturated rings. The highest BCUT2D eigenvalue weighted by atomic mass is 32.2. The number of hydrogen-bond acceptors (Lipinski definition) is 4. The molecule has 1 aliphatic carbocycles. The second-order valence-corrected chi connectivity index (χ2v) is 10.1. The number of fused-ring (bicyclic) bond motifs is 2. The molecule has 0 aliphatic heterocycles. The molecule has 4 aromatic rings. The molecule has 28 heavy (non-hydrogen) atoms. The summed E-state index contributed by atoms with van der Waals surface area (Å²) in [5.74, 6) is -0.109. The molecule has 3 aromatic carbocycles. The van der Waals surface area contributed by atoms with Crippen molar-refractivity contribution in [3.05, 3.63) is 65.2 Å². The Labute approximate surface area is 172 Å². The van der Waals surface area contributed by atoms with Gasteiger partial charge in [0.15, 0.2) is 5.13 Å². The van der Waals surface area contributed by atoms with Gasteiger partial charge >= 0.3 is 0 Å². The van der Waals surface area contributed by atoms with Crippen molar-refractivity contribution in [3.63, 3.8) is 0 Å². The van der Waals surface area contributed by atoms with Gasteiger partial charge in [-0.1, -0.05) is 49.4 Å². The fourth-order valence-electron chi connectivity index (χ4n) is 3.91. The van der Waals surface area contributed by atoms with Crippen molar-refractivity contribution in [3.8, 4) is 0 Å². The van der Waals surface area contributed by atoms with Crippen LogP contribution in [-0.2, 0) is 12.8 Å². The van der Waals surface area contributed by atoms with Gasteiger partial charge < -0.3 is 0 Å². The van der Waals surface area contributed by atoms with E-state index in [0.29, 0.717) is 15.9 Å². The van der Waals surface area contributed by atoms with Crippen LogP contribution in [0, 0.1) is 0 Å². The first-order valence-corrected chi connectivity index (χ1v) is 11.2. The number of aryl methyl sites for hydroxylation is 2. The number of amides is 1. The zero-order chi connectivity index (χ0) is 19.3. The van der Waals surface area contributed by atoms with Crippen LogP contribution in [0.15, 0.2) is 53.4 Å². The number of nitrogens with one attached hydrogen (secondary N) is 1. The third-order valence-corrected chi connectivity index (χ3v) is 6.95. The highest BCUT2D eigenvalue weighted by Gasteiger charge is 2.19. The van der Waals surface area contributed by atoms with Crippen LogP contribution >= 0.6 is 23.1 Å². The monoisotopic (exact) mass is 404 g/mol. The molecule has 0 atom stereocenters. The van der Waals surface area contributed by atoms with Crippen molar-refractivity contribution in [2.45, 2.75) is 36.8 Å². The maximum absolute atomic E-state index is 12.8. The van der Waals surface area contributed by atoms with E-state index in [1.54, 1.807) is 23.1 Å². The van der Waals surface area contributed by atoms with E-state index in [9.17, 15) is 4.79 Å². The highest BCUT2D eigenvalue weighted by Crippen LogP contribution is 2.39. The molecule has 0 radical (unpaired) electrons. The molecular formula is C23H20N2OS2. The standard InChI is InChI=1S/C23H20N2OS2/c1-13(2)27-17-7-3-6-16(11-17)22(26)25-23-24-21-18-8-4-5-14-9-10-15(20(14)18)12-19(21)28-23/h3-8,11-13H,9-10H2,1-2H3,(H,24,25,26). The van der Waals surface area contributed by atoms with Crippen molar-refractivity contribution >= 4 is 55.1 Å². The lowest BCUT2D eigenvalue weighted by atomic mass is 10.0. The third-order valence-electron chi connectivity index (χ3n) is 5.04. The molecule has 0 saturated carbocycles. The predicted molar refractivity (Wildman–Crippen MR) is 120 cm³/mol. The molecular weight excluding hydrogens is 384 g/mol. The molecule has 1 N–H and O–H groups in total. The van der Waals surface area contributed by atoms with Gasteiger partial charge in [-0.15, -0.1) is 11.8 Å². The van der Waals surface area contributed by atoms with E-state index in [0.717, 1.165) is 28.0 Å². The molecule has 5 rings (SSSR count). The Kier molecular flexibility index (Phi) is 4.37. The molecule has 1 amide bonds. The largest absolute Gasteiger partial charge is 0.298 e. The lowest BCUT2D eigenvalue weighted by molar-refractivity contribution is 0.102. The Morgan fingerprint density at radius 2 is 1.93 bits per heavy atom. The maximum atomic E-state index is 12.8. The van der Waals surface area contributed by atoms with Gasteiger partial charge in [0.2, 0.25) is 0 Å². The zero-order valence-electron chi connectivity index (χ0n) is 15.8. The van der Waals surface area contributed by atoms with E-state index in [-0.39, 0.29) is 5.91 Å². The molecule has 1 aromatic heterocycles. The van der Waals surface area contributed by atoms with Crippen molar-refractivity contribution in [2.75, 3.05) is 5.32 Å². The molecule has 1 heterocycles. The van der Waals surface area contributed by atoms with E-state index in [4.69, 9.17) is 4.98 Å². The van der Waals surface area contributed by atoms with E-state index >= 15 is 0 Å². The minimum absolute atomic E-state index is 0.109. The average Bonchev–Trinajstić information content (AvgIpc) is 3.27. The van der Waals surface area contributed by atoms with Crippen LogP contribution in [0.5, 0.6) is 0 Å². The summed E-state index contributed by atoms with van der Waals surface area (Å²) in [4.78, 5) is 18.6. The number of thioether (sulfide) groups is 1. The van der Waals surface area contributed by atoms with E-state index in [1.165, 1.54) is 21.9 Å². The number of aromatic nitrogens is 1. The lowest BCUT2D eigenvalue weighted by Gasteiger charge is -2.07. The Morgan fingerprint density at radius 3 is 2.79 bits per heavy atom. The lowest BCUT2D eigenvalue weighted by Crippen LogP contribution is -2.11. The molecule has 0 saturated heterocycles. The number of carbonyl (C=O) groups excluding carboxylic acids is 1. The molecule has 0 bridgehead atoms. The minimum Gasteiger partial charge on any atom is -0.298 e. The maximum Gasteiger partial charge on any atom is 0.257 e. The van der Waals surface area contributed by atoms with Gasteiger partial charge in [0, 0.05) is 21.1 Å². The SMILES string of the molecule is CC(C)Sc1cccc(C(=O)Nc2nc3c(cc4c5c(cccc53)CC4)s2)c1. The number of hydrogen-bond donors (Lipinski definition) is 1. The van der Waals surface area contributed by atoms with Crippen LogP contribution in [0.25, 0.3) is 21.0 Å². The summed E-state index contributed by atoms with van der Waals surface area (Å²) in [6.45, 7) is 4.30. The zero-order valence-corrected chi connectivity index (χ0v) is 17.4. The van der Waals surface area contributed by atoms with Crippen LogP contribution in [0.2, 0.25) is 0 Å². The summed E-state index contributed by atoms with van der Waals surface area (Å²) in [7, 11) is 0. The van der Waals surface area contributed by atoms with Gasteiger partial charge in [-0.3, -0.25) is 10.1 Å². The number of carbonyl (C=O) groups is 1. The average molecular weight is 405 g/mol. The molecule has 0 unspecified atom stereocenters. The van der Waals surface area contributed by atoms with Crippen molar-refractivity contribution in [2.24, 2.45) is 0 Å². The van der Waals surface area contributed by atoms with E-state index in [2.05, 4.69) is 43.4 Å². The first-order valence-electron chi connectivity index (χ1n) is 9.50. The van der Waals surface area contributed by atoms with Gasteiger partial charge in [0.1, 0.15) is 0 Å². The summed E-state index contributed by atoms with van der Waals surface area (Å²) in [5, 5.41) is 6.70. The van der Waals surface area contributed by atoms with Gasteiger partial charge in [-0.25, -0.2) is 4.98 Å². The molecule has 1 aliphatic rings. The Balaban J connectivity index is 1.48. The smallest absolute Gasteiger partial charge is 0.257 e. The number of anilines is 1. The first kappa shape index (κ1) is 17.7. The van der Waals surface area contributed by atoms with Gasteiger partial charge in [-0.05, 0) is 53.6 Å². The van der Waals surface area contributed by atoms with Crippen LogP contribution in [-0.4, -0.2) is 16.1 Å². The highest BCUT2D eigenvalue weighted by molar-refractivity contribution is 7.99. The molecule has 0 spiro atoms. The van der Waals surface area contributed by atoms with Crippen LogP contribution in [0.3, 0.4) is 0 Å². The fraction of sp³-hybridized carbons (Fsp3) is 0.217. The van der Waals surface area contributed by atoms with E-state index < -0.39 is 0 Å². The van der Waals surface area contributed by atoms with Gasteiger partial charge in [0.05, 0.1) is 10.2 Å². The summed E-state index contributed by atoms with van der Waals surface area (Å²) in [5.41, 5.74) is 4.47. The first-order chi connectivity index (χ1) is 13.6. The molecule has 3 nitrogen and oxygen atoms in total. The summed E-state index contributed by atoms with van der Waals surface area (Å²) < 4.78 is 1.14.